The fraction of sp³-hybridized carbons (Fsp3) is 1.00. The van der Waals surface area contributed by atoms with Gasteiger partial charge in [-0.3, -0.25) is 0 Å². The van der Waals surface area contributed by atoms with Gasteiger partial charge in [0.2, 0.25) is 0 Å². The Kier molecular flexibility index (Phi) is 3.78. The summed E-state index contributed by atoms with van der Waals surface area (Å²) < 4.78 is 0. The maximum atomic E-state index is 3.53. The maximum Gasteiger partial charge on any atom is -0.00171 e. The number of nitrogens with one attached hydrogen (secondary N) is 1. The summed E-state index contributed by atoms with van der Waals surface area (Å²) in [6.07, 6.45) is 4.13. The van der Waals surface area contributed by atoms with Gasteiger partial charge in [-0.2, -0.15) is 0 Å². The van der Waals surface area contributed by atoms with E-state index in [1.165, 1.54) is 32.4 Å². The molecule has 78 valence electrons. The molecule has 0 bridgehead atoms. The first-order valence-corrected chi connectivity index (χ1v) is 5.73. The van der Waals surface area contributed by atoms with E-state index in [0.717, 1.165) is 11.8 Å². The summed E-state index contributed by atoms with van der Waals surface area (Å²) in [7, 11) is 0. The molecule has 0 amide bonds. The van der Waals surface area contributed by atoms with Crippen LogP contribution in [0.2, 0.25) is 0 Å². The summed E-state index contributed by atoms with van der Waals surface area (Å²) in [4.78, 5) is 0. The highest BCUT2D eigenvalue weighted by molar-refractivity contribution is 4.83. The Morgan fingerprint density at radius 3 is 2.31 bits per heavy atom. The fourth-order valence-corrected chi connectivity index (χ4v) is 2.52. The molecule has 1 fully saturated rings. The van der Waals surface area contributed by atoms with Crippen molar-refractivity contribution in [1.29, 1.82) is 0 Å². The van der Waals surface area contributed by atoms with E-state index in [0.29, 0.717) is 5.41 Å². The van der Waals surface area contributed by atoms with Gasteiger partial charge in [0.25, 0.3) is 0 Å². The molecule has 2 unspecified atom stereocenters. The largest absolute Gasteiger partial charge is 0.316 e. The highest BCUT2D eigenvalue weighted by Gasteiger charge is 2.29. The van der Waals surface area contributed by atoms with Crippen molar-refractivity contribution < 1.29 is 0 Å². The Morgan fingerprint density at radius 1 is 1.15 bits per heavy atom. The average molecular weight is 183 g/mol. The lowest BCUT2D eigenvalue weighted by molar-refractivity contribution is 0.254. The van der Waals surface area contributed by atoms with Gasteiger partial charge < -0.3 is 5.32 Å². The number of rotatable bonds is 3. The van der Waals surface area contributed by atoms with Crippen LogP contribution in [-0.2, 0) is 0 Å². The minimum absolute atomic E-state index is 0.503. The van der Waals surface area contributed by atoms with Crippen molar-refractivity contribution in [2.45, 2.75) is 47.0 Å². The zero-order valence-electron chi connectivity index (χ0n) is 9.69. The summed E-state index contributed by atoms with van der Waals surface area (Å²) in [5.74, 6) is 1.88. The first kappa shape index (κ1) is 11.0. The van der Waals surface area contributed by atoms with E-state index < -0.39 is 0 Å². The lowest BCUT2D eigenvalue weighted by Crippen LogP contribution is -2.19. The molecule has 0 spiro atoms. The molecule has 0 aromatic rings. The van der Waals surface area contributed by atoms with Crippen LogP contribution >= 0.6 is 0 Å². The number of hydrogen-bond donors (Lipinski definition) is 1. The van der Waals surface area contributed by atoms with Gasteiger partial charge in [-0.1, -0.05) is 34.1 Å². The van der Waals surface area contributed by atoms with Crippen LogP contribution in [0.15, 0.2) is 0 Å². The SMILES string of the molecule is CCCC1CNCC1CC(C)(C)C. The molecule has 13 heavy (non-hydrogen) atoms. The Morgan fingerprint density at radius 2 is 1.77 bits per heavy atom. The zero-order valence-corrected chi connectivity index (χ0v) is 9.69. The van der Waals surface area contributed by atoms with E-state index in [2.05, 4.69) is 33.0 Å². The molecule has 1 saturated heterocycles. The van der Waals surface area contributed by atoms with Gasteiger partial charge in [0.05, 0.1) is 0 Å². The van der Waals surface area contributed by atoms with E-state index in [9.17, 15) is 0 Å². The van der Waals surface area contributed by atoms with Crippen LogP contribution in [-0.4, -0.2) is 13.1 Å². The van der Waals surface area contributed by atoms with Gasteiger partial charge in [0.1, 0.15) is 0 Å². The second-order valence-corrected chi connectivity index (χ2v) is 5.73. The van der Waals surface area contributed by atoms with Gasteiger partial charge in [0.15, 0.2) is 0 Å². The first-order valence-electron chi connectivity index (χ1n) is 5.73. The van der Waals surface area contributed by atoms with Crippen molar-refractivity contribution in [1.82, 2.24) is 5.32 Å². The molecule has 1 aliphatic rings. The molecule has 0 aromatic heterocycles. The molecular weight excluding hydrogens is 158 g/mol. The van der Waals surface area contributed by atoms with Crippen molar-refractivity contribution in [2.24, 2.45) is 17.3 Å². The van der Waals surface area contributed by atoms with Gasteiger partial charge in [-0.15, -0.1) is 0 Å². The topological polar surface area (TPSA) is 12.0 Å². The average Bonchev–Trinajstić information content (AvgIpc) is 2.34. The van der Waals surface area contributed by atoms with Crippen molar-refractivity contribution in [3.63, 3.8) is 0 Å². The van der Waals surface area contributed by atoms with Crippen LogP contribution in [0, 0.1) is 17.3 Å². The predicted molar refractivity (Wildman–Crippen MR) is 58.8 cm³/mol. The van der Waals surface area contributed by atoms with Gasteiger partial charge >= 0.3 is 0 Å². The minimum Gasteiger partial charge on any atom is -0.316 e. The third-order valence-corrected chi connectivity index (χ3v) is 3.01. The molecular formula is C12H25N. The summed E-state index contributed by atoms with van der Waals surface area (Å²) in [5.41, 5.74) is 0.503. The van der Waals surface area contributed by atoms with Gasteiger partial charge in [-0.05, 0) is 43.2 Å². The highest BCUT2D eigenvalue weighted by Crippen LogP contribution is 2.32. The van der Waals surface area contributed by atoms with Crippen LogP contribution in [0.1, 0.15) is 47.0 Å². The van der Waals surface area contributed by atoms with Crippen molar-refractivity contribution in [3.05, 3.63) is 0 Å². The summed E-state index contributed by atoms with van der Waals surface area (Å²) >= 11 is 0. The highest BCUT2D eigenvalue weighted by atomic mass is 14.9. The van der Waals surface area contributed by atoms with Crippen molar-refractivity contribution in [2.75, 3.05) is 13.1 Å². The summed E-state index contributed by atoms with van der Waals surface area (Å²) in [6.45, 7) is 11.9. The molecule has 1 heteroatoms. The minimum atomic E-state index is 0.503. The smallest absolute Gasteiger partial charge is 0.00171 e. The Hall–Kier alpha value is -0.0400. The van der Waals surface area contributed by atoms with Crippen LogP contribution in [0.5, 0.6) is 0 Å². The molecule has 0 saturated carbocycles. The second-order valence-electron chi connectivity index (χ2n) is 5.73. The molecule has 1 heterocycles. The van der Waals surface area contributed by atoms with Crippen molar-refractivity contribution in [3.8, 4) is 0 Å². The third kappa shape index (κ3) is 3.68. The van der Waals surface area contributed by atoms with Crippen LogP contribution in [0.3, 0.4) is 0 Å². The lowest BCUT2D eigenvalue weighted by atomic mass is 9.79. The van der Waals surface area contributed by atoms with E-state index in [-0.39, 0.29) is 0 Å². The normalized spacial score (nSPS) is 29.5. The Bertz CT molecular complexity index is 146. The Labute approximate surface area is 83.3 Å². The molecule has 2 atom stereocenters. The van der Waals surface area contributed by atoms with E-state index in [1.807, 2.05) is 0 Å². The summed E-state index contributed by atoms with van der Waals surface area (Å²) in [6, 6.07) is 0. The molecule has 1 aliphatic heterocycles. The van der Waals surface area contributed by atoms with Crippen molar-refractivity contribution >= 4 is 0 Å². The zero-order chi connectivity index (χ0) is 9.90. The maximum absolute atomic E-state index is 3.53. The van der Waals surface area contributed by atoms with Gasteiger partial charge in [-0.25, -0.2) is 0 Å². The molecule has 1 N–H and O–H groups in total. The standard InChI is InChI=1S/C12H25N/c1-5-6-10-8-13-9-11(10)7-12(2,3)4/h10-11,13H,5-9H2,1-4H3. The molecule has 0 radical (unpaired) electrons. The monoisotopic (exact) mass is 183 g/mol. The third-order valence-electron chi connectivity index (χ3n) is 3.01. The molecule has 0 aromatic carbocycles. The number of hydrogen-bond acceptors (Lipinski definition) is 1. The quantitative estimate of drug-likeness (QED) is 0.709. The van der Waals surface area contributed by atoms with E-state index >= 15 is 0 Å². The van der Waals surface area contributed by atoms with E-state index in [4.69, 9.17) is 0 Å². The fourth-order valence-electron chi connectivity index (χ4n) is 2.52. The van der Waals surface area contributed by atoms with Gasteiger partial charge in [0, 0.05) is 0 Å². The summed E-state index contributed by atoms with van der Waals surface area (Å²) in [5, 5.41) is 3.53. The van der Waals surface area contributed by atoms with Crippen LogP contribution < -0.4 is 5.32 Å². The predicted octanol–water partition coefficient (Wildman–Crippen LogP) is 3.06. The molecule has 1 nitrogen and oxygen atoms in total. The molecule has 1 rings (SSSR count). The Balaban J connectivity index is 2.39. The van der Waals surface area contributed by atoms with E-state index in [1.54, 1.807) is 0 Å². The molecule has 0 aliphatic carbocycles. The van der Waals surface area contributed by atoms with Crippen LogP contribution in [0.25, 0.3) is 0 Å². The lowest BCUT2D eigenvalue weighted by Gasteiger charge is -2.26. The van der Waals surface area contributed by atoms with Crippen LogP contribution in [0.4, 0.5) is 0 Å². The second kappa shape index (κ2) is 4.45. The first-order chi connectivity index (χ1) is 6.03.